The molecule has 2 heterocycles. The lowest BCUT2D eigenvalue weighted by atomic mass is 10.1. The normalized spacial score (nSPS) is 22.3. The van der Waals surface area contributed by atoms with E-state index in [-0.39, 0.29) is 12.5 Å². The molecule has 0 aliphatic carbocycles. The van der Waals surface area contributed by atoms with Crippen LogP contribution in [0, 0.1) is 0 Å². The van der Waals surface area contributed by atoms with Crippen molar-refractivity contribution in [1.82, 2.24) is 15.8 Å². The quantitative estimate of drug-likeness (QED) is 0.807. The molecule has 0 spiro atoms. The van der Waals surface area contributed by atoms with E-state index in [9.17, 15) is 9.59 Å². The largest absolute Gasteiger partial charge is 0.463 e. The van der Waals surface area contributed by atoms with E-state index in [0.717, 1.165) is 5.56 Å². The molecule has 0 bridgehead atoms. The van der Waals surface area contributed by atoms with Gasteiger partial charge in [-0.3, -0.25) is 15.2 Å². The molecule has 7 heteroatoms. The third-order valence-electron chi connectivity index (χ3n) is 4.02. The van der Waals surface area contributed by atoms with E-state index in [1.165, 1.54) is 11.9 Å². The first-order valence-corrected chi connectivity index (χ1v) is 7.87. The van der Waals surface area contributed by atoms with Gasteiger partial charge in [0.05, 0.1) is 12.2 Å². The number of nitrogens with one attached hydrogen (secondary N) is 2. The highest BCUT2D eigenvalue weighted by Gasteiger charge is 2.44. The van der Waals surface area contributed by atoms with Gasteiger partial charge in [-0.25, -0.2) is 9.80 Å². The molecule has 1 amide bonds. The van der Waals surface area contributed by atoms with E-state index >= 15 is 0 Å². The van der Waals surface area contributed by atoms with Crippen LogP contribution in [0.2, 0.25) is 0 Å². The minimum atomic E-state index is -0.510. The van der Waals surface area contributed by atoms with Gasteiger partial charge >= 0.3 is 5.97 Å². The first-order valence-electron chi connectivity index (χ1n) is 7.87. The van der Waals surface area contributed by atoms with Crippen LogP contribution in [0.4, 0.5) is 0 Å². The summed E-state index contributed by atoms with van der Waals surface area (Å²) >= 11 is 0. The van der Waals surface area contributed by atoms with Crippen molar-refractivity contribution in [3.05, 3.63) is 47.2 Å². The first-order chi connectivity index (χ1) is 11.5. The van der Waals surface area contributed by atoms with Crippen molar-refractivity contribution in [2.24, 2.45) is 4.99 Å². The van der Waals surface area contributed by atoms with Crippen molar-refractivity contribution in [1.29, 1.82) is 0 Å². The van der Waals surface area contributed by atoms with Gasteiger partial charge in [0, 0.05) is 18.2 Å². The van der Waals surface area contributed by atoms with Gasteiger partial charge in [0.1, 0.15) is 18.0 Å². The molecule has 2 atom stereocenters. The molecule has 1 aromatic rings. The molecule has 0 unspecified atom stereocenters. The lowest BCUT2D eigenvalue weighted by molar-refractivity contribution is -0.140. The molecular weight excluding hydrogens is 308 g/mol. The van der Waals surface area contributed by atoms with E-state index in [1.807, 2.05) is 30.3 Å². The van der Waals surface area contributed by atoms with E-state index in [1.54, 1.807) is 13.8 Å². The number of amides is 1. The fourth-order valence-electron chi connectivity index (χ4n) is 2.94. The Morgan fingerprint density at radius 1 is 1.29 bits per heavy atom. The molecule has 1 aromatic carbocycles. The summed E-state index contributed by atoms with van der Waals surface area (Å²) in [7, 11) is 0. The van der Waals surface area contributed by atoms with Crippen molar-refractivity contribution >= 4 is 17.7 Å². The predicted molar refractivity (Wildman–Crippen MR) is 88.7 cm³/mol. The molecule has 0 saturated carbocycles. The van der Waals surface area contributed by atoms with Crippen molar-refractivity contribution in [3.8, 4) is 0 Å². The number of hydrazine groups is 1. The molecule has 2 aliphatic heterocycles. The summed E-state index contributed by atoms with van der Waals surface area (Å²) in [4.78, 5) is 29.1. The van der Waals surface area contributed by atoms with Gasteiger partial charge in [0.2, 0.25) is 5.91 Å². The molecule has 24 heavy (non-hydrogen) atoms. The molecule has 7 nitrogen and oxygen atoms in total. The average molecular weight is 328 g/mol. The van der Waals surface area contributed by atoms with Crippen molar-refractivity contribution in [2.75, 3.05) is 6.61 Å². The highest BCUT2D eigenvalue weighted by molar-refractivity contribution is 6.02. The van der Waals surface area contributed by atoms with Crippen LogP contribution in [0.25, 0.3) is 0 Å². The number of nitrogens with zero attached hydrogens (tertiary/aromatic N) is 2. The van der Waals surface area contributed by atoms with Crippen molar-refractivity contribution < 1.29 is 14.3 Å². The number of benzene rings is 1. The van der Waals surface area contributed by atoms with Gasteiger partial charge in [-0.2, -0.15) is 0 Å². The Morgan fingerprint density at radius 2 is 2.00 bits per heavy atom. The number of carbonyl (C=O) groups is 2. The average Bonchev–Trinajstić information content (AvgIpc) is 2.90. The second-order valence-electron chi connectivity index (χ2n) is 5.64. The van der Waals surface area contributed by atoms with Crippen LogP contribution in [0.1, 0.15) is 26.3 Å². The van der Waals surface area contributed by atoms with Gasteiger partial charge < -0.3 is 10.1 Å². The Morgan fingerprint density at radius 3 is 2.62 bits per heavy atom. The molecular formula is C17H20N4O3. The number of ether oxygens (including phenoxy) is 1. The molecule has 0 aromatic heterocycles. The minimum Gasteiger partial charge on any atom is -0.463 e. The molecule has 0 fully saturated rings. The third kappa shape index (κ3) is 2.73. The number of allylic oxidation sites excluding steroid dienone is 1. The number of rotatable bonds is 3. The summed E-state index contributed by atoms with van der Waals surface area (Å²) < 4.78 is 5.15. The van der Waals surface area contributed by atoms with E-state index in [4.69, 9.17) is 4.74 Å². The maximum atomic E-state index is 12.3. The highest BCUT2D eigenvalue weighted by Crippen LogP contribution is 2.28. The molecule has 2 aliphatic rings. The van der Waals surface area contributed by atoms with Gasteiger partial charge in [-0.05, 0) is 13.8 Å². The smallest absolute Gasteiger partial charge is 0.338 e. The number of esters is 1. The Kier molecular flexibility index (Phi) is 4.24. The fraction of sp³-hybridized carbons (Fsp3) is 0.353. The van der Waals surface area contributed by atoms with Crippen LogP contribution >= 0.6 is 0 Å². The Labute approximate surface area is 140 Å². The number of carbonyl (C=O) groups excluding carboxylic acids is 2. The summed E-state index contributed by atoms with van der Waals surface area (Å²) in [6.45, 7) is 5.31. The zero-order valence-corrected chi connectivity index (χ0v) is 13.9. The zero-order chi connectivity index (χ0) is 17.3. The number of aliphatic imine (C=N–C) groups is 1. The van der Waals surface area contributed by atoms with Crippen LogP contribution < -0.4 is 10.7 Å². The summed E-state index contributed by atoms with van der Waals surface area (Å²) in [5, 5.41) is 4.63. The molecule has 0 radical (unpaired) electrons. The molecule has 126 valence electrons. The van der Waals surface area contributed by atoms with E-state index in [2.05, 4.69) is 15.7 Å². The first kappa shape index (κ1) is 16.0. The van der Waals surface area contributed by atoms with Crippen molar-refractivity contribution in [3.63, 3.8) is 0 Å². The fourth-order valence-corrected chi connectivity index (χ4v) is 2.94. The molecule has 2 N–H and O–H groups in total. The highest BCUT2D eigenvalue weighted by atomic mass is 16.5. The maximum Gasteiger partial charge on any atom is 0.338 e. The van der Waals surface area contributed by atoms with E-state index < -0.39 is 18.2 Å². The van der Waals surface area contributed by atoms with Gasteiger partial charge in [-0.15, -0.1) is 0 Å². The summed E-state index contributed by atoms with van der Waals surface area (Å²) in [5.41, 5.74) is 5.02. The number of amidine groups is 1. The Hall–Kier alpha value is -2.83. The van der Waals surface area contributed by atoms with Gasteiger partial charge in [-0.1, -0.05) is 30.3 Å². The van der Waals surface area contributed by atoms with Crippen LogP contribution in [0.15, 0.2) is 46.6 Å². The zero-order valence-electron chi connectivity index (χ0n) is 13.9. The molecule has 3 rings (SSSR count). The second-order valence-corrected chi connectivity index (χ2v) is 5.64. The maximum absolute atomic E-state index is 12.3. The second kappa shape index (κ2) is 6.35. The van der Waals surface area contributed by atoms with E-state index in [0.29, 0.717) is 17.1 Å². The topological polar surface area (TPSA) is 83.0 Å². The lowest BCUT2D eigenvalue weighted by Gasteiger charge is -2.37. The standard InChI is InChI=1S/C17H20N4O3/c1-4-24-17(23)13-10(2)18-16-14(13)19-15(20-21(16)11(3)22)12-8-6-5-7-9-12/h5-9,14,16,18H,4H2,1-3H3,(H,19,20)/t14-,16-/m1/s1. The van der Waals surface area contributed by atoms with Gasteiger partial charge in [0.25, 0.3) is 0 Å². The third-order valence-corrected chi connectivity index (χ3v) is 4.02. The van der Waals surface area contributed by atoms with Gasteiger partial charge in [0.15, 0.2) is 0 Å². The SMILES string of the molecule is CCOC(=O)C1=C(C)N[C@H]2[C@@H]1N=C(c1ccccc1)NN2C(C)=O. The summed E-state index contributed by atoms with van der Waals surface area (Å²) in [5.74, 6) is -0.0272. The monoisotopic (exact) mass is 328 g/mol. The molecule has 0 saturated heterocycles. The van der Waals surface area contributed by atoms with Crippen LogP contribution in [0.3, 0.4) is 0 Å². The minimum absolute atomic E-state index is 0.168. The lowest BCUT2D eigenvalue weighted by Crippen LogP contribution is -2.62. The summed E-state index contributed by atoms with van der Waals surface area (Å²) in [6.07, 6.45) is -0.450. The predicted octanol–water partition coefficient (Wildman–Crippen LogP) is 0.935. The van der Waals surface area contributed by atoms with Crippen LogP contribution in [-0.2, 0) is 14.3 Å². The van der Waals surface area contributed by atoms with Crippen LogP contribution in [-0.4, -0.2) is 41.5 Å². The van der Waals surface area contributed by atoms with Crippen molar-refractivity contribution in [2.45, 2.75) is 33.0 Å². The Bertz CT molecular complexity index is 727. The number of fused-ring (bicyclic) bond motifs is 1. The van der Waals surface area contributed by atoms with Crippen LogP contribution in [0.5, 0.6) is 0 Å². The number of hydrogen-bond donors (Lipinski definition) is 2. The number of hydrogen-bond acceptors (Lipinski definition) is 6. The summed E-state index contributed by atoms with van der Waals surface area (Å²) in [6, 6.07) is 8.97. The Balaban J connectivity index is 2.02.